The van der Waals surface area contributed by atoms with Crippen molar-refractivity contribution in [3.63, 3.8) is 0 Å². The maximum atomic E-state index is 6.09. The molecule has 0 fully saturated rings. The van der Waals surface area contributed by atoms with Crippen molar-refractivity contribution in [2.45, 2.75) is 52.7 Å². The summed E-state index contributed by atoms with van der Waals surface area (Å²) in [6.45, 7) is 10.6. The second kappa shape index (κ2) is 6.90. The van der Waals surface area contributed by atoms with E-state index in [1.54, 1.807) is 0 Å². The highest BCUT2D eigenvalue weighted by molar-refractivity contribution is 5.09. The fraction of sp³-hybridized carbons (Fsp3) is 0.786. The third-order valence-corrected chi connectivity index (χ3v) is 3.79. The standard InChI is InChI=1S/C14H28N4/c1-6-18-10-13(9-16-18)12(4)17(5)8-7-14(15)11(2)3/h9-12,14H,6-8,15H2,1-5H3. The fourth-order valence-corrected chi connectivity index (χ4v) is 1.90. The Kier molecular flexibility index (Phi) is 5.82. The first kappa shape index (κ1) is 15.2. The van der Waals surface area contributed by atoms with Crippen molar-refractivity contribution in [1.82, 2.24) is 14.7 Å². The van der Waals surface area contributed by atoms with Gasteiger partial charge in [0.1, 0.15) is 0 Å². The maximum absolute atomic E-state index is 6.09. The fourth-order valence-electron chi connectivity index (χ4n) is 1.90. The number of aromatic nitrogens is 2. The molecule has 1 aromatic heterocycles. The molecule has 0 spiro atoms. The second-order valence-corrected chi connectivity index (χ2v) is 5.48. The van der Waals surface area contributed by atoms with Crippen molar-refractivity contribution >= 4 is 0 Å². The molecule has 2 atom stereocenters. The lowest BCUT2D eigenvalue weighted by Gasteiger charge is -2.26. The van der Waals surface area contributed by atoms with Crippen LogP contribution in [0.5, 0.6) is 0 Å². The van der Waals surface area contributed by atoms with Crippen LogP contribution in [0.3, 0.4) is 0 Å². The Balaban J connectivity index is 2.48. The molecule has 0 saturated carbocycles. The number of aryl methyl sites for hydroxylation is 1. The van der Waals surface area contributed by atoms with Crippen LogP contribution in [-0.2, 0) is 6.54 Å². The van der Waals surface area contributed by atoms with Crippen molar-refractivity contribution in [3.8, 4) is 0 Å². The van der Waals surface area contributed by atoms with Gasteiger partial charge in [0, 0.05) is 30.4 Å². The SMILES string of the molecule is CCn1cc(C(C)N(C)CCC(N)C(C)C)cn1. The molecule has 2 N–H and O–H groups in total. The Bertz CT molecular complexity index is 345. The third kappa shape index (κ3) is 4.10. The van der Waals surface area contributed by atoms with Gasteiger partial charge in [-0.05, 0) is 39.8 Å². The molecule has 104 valence electrons. The Morgan fingerprint density at radius 1 is 1.39 bits per heavy atom. The summed E-state index contributed by atoms with van der Waals surface area (Å²) in [5, 5.41) is 4.33. The molecule has 2 unspecified atom stereocenters. The molecule has 4 nitrogen and oxygen atoms in total. The smallest absolute Gasteiger partial charge is 0.0537 e. The molecule has 1 heterocycles. The molecule has 0 aliphatic carbocycles. The van der Waals surface area contributed by atoms with Gasteiger partial charge in [-0.3, -0.25) is 9.58 Å². The van der Waals surface area contributed by atoms with Crippen LogP contribution >= 0.6 is 0 Å². The summed E-state index contributed by atoms with van der Waals surface area (Å²) in [7, 11) is 2.15. The Morgan fingerprint density at radius 3 is 2.56 bits per heavy atom. The molecule has 1 aromatic rings. The average Bonchev–Trinajstić information content (AvgIpc) is 2.82. The van der Waals surface area contributed by atoms with Crippen LogP contribution in [0.4, 0.5) is 0 Å². The van der Waals surface area contributed by atoms with Crippen molar-refractivity contribution in [3.05, 3.63) is 18.0 Å². The third-order valence-electron chi connectivity index (χ3n) is 3.79. The topological polar surface area (TPSA) is 47.1 Å². The first-order chi connectivity index (χ1) is 8.45. The summed E-state index contributed by atoms with van der Waals surface area (Å²) < 4.78 is 1.97. The van der Waals surface area contributed by atoms with E-state index < -0.39 is 0 Å². The van der Waals surface area contributed by atoms with Gasteiger partial charge in [-0.25, -0.2) is 0 Å². The number of rotatable bonds is 7. The van der Waals surface area contributed by atoms with E-state index in [0.717, 1.165) is 19.5 Å². The molecule has 0 aromatic carbocycles. The predicted molar refractivity (Wildman–Crippen MR) is 76.4 cm³/mol. The van der Waals surface area contributed by atoms with Gasteiger partial charge in [-0.15, -0.1) is 0 Å². The predicted octanol–water partition coefficient (Wildman–Crippen LogP) is 2.27. The number of nitrogens with zero attached hydrogens (tertiary/aromatic N) is 3. The van der Waals surface area contributed by atoms with Crippen molar-refractivity contribution < 1.29 is 0 Å². The monoisotopic (exact) mass is 252 g/mol. The van der Waals surface area contributed by atoms with E-state index in [1.165, 1.54) is 5.56 Å². The minimum Gasteiger partial charge on any atom is -0.327 e. The summed E-state index contributed by atoms with van der Waals surface area (Å²) >= 11 is 0. The van der Waals surface area contributed by atoms with Crippen molar-refractivity contribution in [1.29, 1.82) is 0 Å². The van der Waals surface area contributed by atoms with Crippen molar-refractivity contribution in [2.75, 3.05) is 13.6 Å². The molecule has 0 aliphatic rings. The van der Waals surface area contributed by atoms with E-state index >= 15 is 0 Å². The molecule has 0 radical (unpaired) electrons. The van der Waals surface area contributed by atoms with Crippen LogP contribution in [-0.4, -0.2) is 34.3 Å². The Labute approximate surface area is 111 Å². The van der Waals surface area contributed by atoms with Crippen LogP contribution in [0.2, 0.25) is 0 Å². The summed E-state index contributed by atoms with van der Waals surface area (Å²) in [4.78, 5) is 2.35. The van der Waals surface area contributed by atoms with E-state index in [2.05, 4.69) is 50.9 Å². The van der Waals surface area contributed by atoms with E-state index in [4.69, 9.17) is 5.73 Å². The summed E-state index contributed by atoms with van der Waals surface area (Å²) in [5.74, 6) is 0.552. The average molecular weight is 252 g/mol. The normalized spacial score (nSPS) is 15.3. The summed E-state index contributed by atoms with van der Waals surface area (Å²) in [6.07, 6.45) is 5.14. The van der Waals surface area contributed by atoms with E-state index in [0.29, 0.717) is 12.0 Å². The van der Waals surface area contributed by atoms with Crippen LogP contribution < -0.4 is 5.73 Å². The van der Waals surface area contributed by atoms with Crippen LogP contribution in [0.1, 0.15) is 45.7 Å². The van der Waals surface area contributed by atoms with E-state index in [1.807, 2.05) is 10.9 Å². The molecule has 1 rings (SSSR count). The van der Waals surface area contributed by atoms with Crippen LogP contribution in [0, 0.1) is 5.92 Å². The van der Waals surface area contributed by atoms with Crippen molar-refractivity contribution in [2.24, 2.45) is 11.7 Å². The maximum Gasteiger partial charge on any atom is 0.0537 e. The van der Waals surface area contributed by atoms with Gasteiger partial charge >= 0.3 is 0 Å². The Hall–Kier alpha value is -0.870. The molecule has 4 heteroatoms. The lowest BCUT2D eigenvalue weighted by Crippen LogP contribution is -2.32. The molecule has 18 heavy (non-hydrogen) atoms. The minimum absolute atomic E-state index is 0.290. The quantitative estimate of drug-likeness (QED) is 0.810. The zero-order chi connectivity index (χ0) is 13.7. The highest BCUT2D eigenvalue weighted by Gasteiger charge is 2.15. The van der Waals surface area contributed by atoms with Gasteiger partial charge in [0.15, 0.2) is 0 Å². The van der Waals surface area contributed by atoms with E-state index in [9.17, 15) is 0 Å². The largest absolute Gasteiger partial charge is 0.327 e. The van der Waals surface area contributed by atoms with Gasteiger partial charge in [0.25, 0.3) is 0 Å². The highest BCUT2D eigenvalue weighted by atomic mass is 15.3. The van der Waals surface area contributed by atoms with Gasteiger partial charge in [-0.1, -0.05) is 13.8 Å². The number of hydrogen-bond donors (Lipinski definition) is 1. The minimum atomic E-state index is 0.290. The van der Waals surface area contributed by atoms with Gasteiger partial charge in [-0.2, -0.15) is 5.10 Å². The first-order valence-corrected chi connectivity index (χ1v) is 6.93. The first-order valence-electron chi connectivity index (χ1n) is 6.93. The Morgan fingerprint density at radius 2 is 2.06 bits per heavy atom. The molecule has 0 bridgehead atoms. The highest BCUT2D eigenvalue weighted by Crippen LogP contribution is 2.18. The zero-order valence-corrected chi connectivity index (χ0v) is 12.4. The zero-order valence-electron chi connectivity index (χ0n) is 12.4. The molecule has 0 saturated heterocycles. The van der Waals surface area contributed by atoms with Gasteiger partial charge in [0.2, 0.25) is 0 Å². The molecule has 0 amide bonds. The van der Waals surface area contributed by atoms with Gasteiger partial charge in [0.05, 0.1) is 6.20 Å². The summed E-state index contributed by atoms with van der Waals surface area (Å²) in [6, 6.07) is 0.683. The number of hydrogen-bond acceptors (Lipinski definition) is 3. The lowest BCUT2D eigenvalue weighted by molar-refractivity contribution is 0.243. The van der Waals surface area contributed by atoms with Crippen LogP contribution in [0.15, 0.2) is 12.4 Å². The summed E-state index contributed by atoms with van der Waals surface area (Å²) in [5.41, 5.74) is 7.36. The van der Waals surface area contributed by atoms with Crippen LogP contribution in [0.25, 0.3) is 0 Å². The lowest BCUT2D eigenvalue weighted by atomic mass is 10.0. The molecular formula is C14H28N4. The van der Waals surface area contributed by atoms with Gasteiger partial charge < -0.3 is 5.73 Å². The molecular weight excluding hydrogens is 224 g/mol. The molecule has 0 aliphatic heterocycles. The number of nitrogens with two attached hydrogens (primary N) is 1. The van der Waals surface area contributed by atoms with E-state index in [-0.39, 0.29) is 6.04 Å². The second-order valence-electron chi connectivity index (χ2n) is 5.48.